The van der Waals surface area contributed by atoms with Crippen LogP contribution in [0.2, 0.25) is 0 Å². The van der Waals surface area contributed by atoms with Crippen LogP contribution in [-0.2, 0) is 64.7 Å². The number of primary amides is 2. The van der Waals surface area contributed by atoms with Crippen LogP contribution in [0.4, 0.5) is 0 Å². The van der Waals surface area contributed by atoms with E-state index in [1.807, 2.05) is 0 Å². The second kappa shape index (κ2) is 33.6. The van der Waals surface area contributed by atoms with Gasteiger partial charge in [0.2, 0.25) is 53.2 Å². The highest BCUT2D eigenvalue weighted by molar-refractivity contribution is 6.04. The Morgan fingerprint density at radius 1 is 0.558 bits per heavy atom. The lowest BCUT2D eigenvalue weighted by molar-refractivity contribution is -0.139. The zero-order valence-electron chi connectivity index (χ0n) is 53.7. The quantitative estimate of drug-likeness (QED) is 0.0225. The summed E-state index contributed by atoms with van der Waals surface area (Å²) in [5, 5.41) is 61.1. The highest BCUT2D eigenvalue weighted by Gasteiger charge is 2.54. The number of fused-ring (bicyclic) bond motifs is 6. The van der Waals surface area contributed by atoms with Gasteiger partial charge in [-0.1, -0.05) is 90.8 Å². The van der Waals surface area contributed by atoms with Crippen molar-refractivity contribution in [3.05, 3.63) is 118 Å². The van der Waals surface area contributed by atoms with E-state index in [-0.39, 0.29) is 84.3 Å². The van der Waals surface area contributed by atoms with E-state index in [2.05, 4.69) is 42.5 Å². The zero-order chi connectivity index (χ0) is 70.0. The number of unbranched alkanes of at least 4 members (excludes halogenated alkanes) is 1. The number of carbonyl (C=O) groups is 12. The largest absolute Gasteiger partial charge is 0.508 e. The maximum atomic E-state index is 14.5. The minimum atomic E-state index is -1.83. The number of hydrogen-bond donors (Lipinski definition) is 15. The summed E-state index contributed by atoms with van der Waals surface area (Å²) in [6.45, 7) is 9.47. The lowest BCUT2D eigenvalue weighted by Gasteiger charge is -2.36. The van der Waals surface area contributed by atoms with Crippen LogP contribution in [0.3, 0.4) is 0 Å². The SMILES string of the molecule is CC[C@H](C)[C@H](NC(=O)[C@H](CO)NC(=O)c1ccc2c(c1)C(=O)OC21c2ccc(O)cc2Oc2cc(O)ccc21)C(=O)N[C@H](C(=O)N[C@@H](CC(N)=O)C(=O)N[C@@H](Cc1ccccc1)C(=O)N[C@@H](CCC(=O)O)C(=O)N[C@@H](CCCCN)C(=O)N[C@@H](CC(C)C)C(N)=O)[C@@H](C)CC. The lowest BCUT2D eigenvalue weighted by Crippen LogP contribution is -2.62. The number of ether oxygens (including phenoxy) is 2. The number of nitrogens with one attached hydrogen (secondary N) is 8. The van der Waals surface area contributed by atoms with Crippen molar-refractivity contribution in [2.75, 3.05) is 13.2 Å². The number of phenolic OH excluding ortho intramolecular Hbond substituents is 2. The average molecular weight is 1320 g/mol. The Kier molecular flexibility index (Phi) is 26.1. The Labute approximate surface area is 548 Å². The second-order valence-corrected chi connectivity index (χ2v) is 24.2. The summed E-state index contributed by atoms with van der Waals surface area (Å²) < 4.78 is 12.1. The summed E-state index contributed by atoms with van der Waals surface area (Å²) in [5.74, 6) is -13.5. The van der Waals surface area contributed by atoms with E-state index in [4.69, 9.17) is 26.7 Å². The smallest absolute Gasteiger partial charge is 0.340 e. The summed E-state index contributed by atoms with van der Waals surface area (Å²) in [5.41, 5.74) is 16.4. The molecule has 2 heterocycles. The number of phenols is 2. The van der Waals surface area contributed by atoms with Crippen LogP contribution in [0.1, 0.15) is 142 Å². The van der Waals surface area contributed by atoms with E-state index < -0.39 is 163 Å². The summed E-state index contributed by atoms with van der Waals surface area (Å²) in [7, 11) is 0. The molecule has 4 aromatic rings. The minimum Gasteiger partial charge on any atom is -0.508 e. The van der Waals surface area contributed by atoms with E-state index in [0.29, 0.717) is 29.5 Å². The van der Waals surface area contributed by atoms with Crippen LogP contribution in [0.15, 0.2) is 84.9 Å². The fraction of sp³-hybridized carbons (Fsp3) is 0.455. The fourth-order valence-corrected chi connectivity index (χ4v) is 11.0. The van der Waals surface area contributed by atoms with Crippen LogP contribution in [0, 0.1) is 17.8 Å². The van der Waals surface area contributed by atoms with Crippen LogP contribution in [-0.4, -0.2) is 153 Å². The molecule has 0 saturated carbocycles. The van der Waals surface area contributed by atoms with Gasteiger partial charge in [-0.3, -0.25) is 52.7 Å². The number of benzene rings is 4. The molecule has 29 heteroatoms. The number of amides is 10. The van der Waals surface area contributed by atoms with E-state index in [0.717, 1.165) is 0 Å². The van der Waals surface area contributed by atoms with E-state index in [9.17, 15) is 78.0 Å². The highest BCUT2D eigenvalue weighted by atomic mass is 16.6. The molecule has 0 fully saturated rings. The predicted octanol–water partition coefficient (Wildman–Crippen LogP) is 0.886. The van der Waals surface area contributed by atoms with Crippen molar-refractivity contribution in [3.8, 4) is 23.0 Å². The molecule has 10 atom stereocenters. The third-order valence-corrected chi connectivity index (χ3v) is 16.6. The minimum absolute atomic E-state index is 0.0162. The fourth-order valence-electron chi connectivity index (χ4n) is 11.0. The molecule has 95 heavy (non-hydrogen) atoms. The van der Waals surface area contributed by atoms with Gasteiger partial charge in [-0.25, -0.2) is 4.79 Å². The van der Waals surface area contributed by atoms with Crippen molar-refractivity contribution in [3.63, 3.8) is 0 Å². The topological polar surface area (TPSA) is 479 Å². The van der Waals surface area contributed by atoms with Crippen molar-refractivity contribution >= 4 is 71.0 Å². The zero-order valence-corrected chi connectivity index (χ0v) is 53.7. The number of aliphatic hydroxyl groups is 1. The molecule has 0 radical (unpaired) electrons. The molecule has 0 unspecified atom stereocenters. The number of aliphatic carboxylic acids is 1. The van der Waals surface area contributed by atoms with Crippen molar-refractivity contribution in [2.45, 2.75) is 160 Å². The maximum absolute atomic E-state index is 14.5. The van der Waals surface area contributed by atoms with Gasteiger partial charge < -0.3 is 89.6 Å². The number of aromatic hydroxyl groups is 2. The molecule has 2 aliphatic heterocycles. The third-order valence-electron chi connectivity index (χ3n) is 16.6. The van der Waals surface area contributed by atoms with Crippen LogP contribution < -0.4 is 64.5 Å². The molecular formula is C66H85N11O18. The summed E-state index contributed by atoms with van der Waals surface area (Å²) >= 11 is 0. The number of carbonyl (C=O) groups excluding carboxylic acids is 11. The molecular weight excluding hydrogens is 1230 g/mol. The van der Waals surface area contributed by atoms with Crippen molar-refractivity contribution in [2.24, 2.45) is 35.0 Å². The molecule has 0 aliphatic carbocycles. The Morgan fingerprint density at radius 2 is 1.05 bits per heavy atom. The van der Waals surface area contributed by atoms with Crippen LogP contribution in [0.5, 0.6) is 23.0 Å². The highest BCUT2D eigenvalue weighted by Crippen LogP contribution is 2.57. The second-order valence-electron chi connectivity index (χ2n) is 24.2. The number of rotatable bonds is 35. The van der Waals surface area contributed by atoms with Crippen molar-refractivity contribution in [1.29, 1.82) is 0 Å². The monoisotopic (exact) mass is 1320 g/mol. The van der Waals surface area contributed by atoms with Gasteiger partial charge in [-0.05, 0) is 98.4 Å². The van der Waals surface area contributed by atoms with Gasteiger partial charge in [0.15, 0.2) is 5.60 Å². The van der Waals surface area contributed by atoms with Gasteiger partial charge in [-0.15, -0.1) is 0 Å². The standard InChI is InChI=1S/C66H85N11O18/c1-7-34(5)54(77-64(92)55(35(6)8-2)76-62(90)49(32-78)75-57(85)37-17-20-41-40(28-37)65(93)95-66(41)42-21-18-38(79)29-50(42)94-51-30-39(80)19-22-43(51)66)63(91)74-48(31-52(68)81)61(89)73-47(27-36-14-10-9-11-15-36)60(88)71-45(23-24-53(82)83)59(87)70-44(16-12-13-25-67)58(86)72-46(56(69)84)26-33(3)4/h9-11,14-15,17-22,28-30,33-35,44-49,54-55,78-80H,7-8,12-13,16,23-27,31-32,67H2,1-6H3,(H2,68,81)(H2,69,84)(H,70,87)(H,71,88)(H,72,86)(H,73,89)(H,74,91)(H,75,85)(H,76,90)(H,77,92)(H,82,83)/t34-,35-,44-,45-,46-,47-,48-,49-,54-,55-/m0/s1. The van der Waals surface area contributed by atoms with Crippen LogP contribution in [0.25, 0.3) is 0 Å². The Balaban J connectivity index is 1.19. The van der Waals surface area contributed by atoms with Crippen LogP contribution >= 0.6 is 0 Å². The first-order chi connectivity index (χ1) is 45.0. The Bertz CT molecular complexity index is 3460. The third kappa shape index (κ3) is 19.0. The molecule has 10 amide bonds. The first kappa shape index (κ1) is 73.9. The molecule has 18 N–H and O–H groups in total. The Hall–Kier alpha value is -10.2. The molecule has 4 aromatic carbocycles. The first-order valence-corrected chi connectivity index (χ1v) is 31.4. The molecule has 0 aromatic heterocycles. The number of carboxylic acids is 1. The first-order valence-electron chi connectivity index (χ1n) is 31.4. The van der Waals surface area contributed by atoms with Gasteiger partial charge in [0.25, 0.3) is 5.91 Å². The summed E-state index contributed by atoms with van der Waals surface area (Å²) in [6, 6.07) is 8.47. The Morgan fingerprint density at radius 3 is 1.58 bits per heavy atom. The molecule has 1 spiro atoms. The van der Waals surface area contributed by atoms with Gasteiger partial charge in [-0.2, -0.15) is 0 Å². The van der Waals surface area contributed by atoms with Crippen molar-refractivity contribution in [1.82, 2.24) is 42.5 Å². The van der Waals surface area contributed by atoms with E-state index in [1.54, 1.807) is 71.9 Å². The van der Waals surface area contributed by atoms with Gasteiger partial charge in [0.1, 0.15) is 71.3 Å². The molecule has 29 nitrogen and oxygen atoms in total. The van der Waals surface area contributed by atoms with Crippen molar-refractivity contribution < 1.29 is 87.4 Å². The van der Waals surface area contributed by atoms with E-state index >= 15 is 0 Å². The number of esters is 1. The predicted molar refractivity (Wildman–Crippen MR) is 341 cm³/mol. The molecule has 0 saturated heterocycles. The number of nitrogens with two attached hydrogens (primary N) is 3. The summed E-state index contributed by atoms with van der Waals surface area (Å²) in [6.07, 6.45) is -0.842. The molecule has 6 rings (SSSR count). The normalized spacial score (nSPS) is 15.7. The molecule has 512 valence electrons. The van der Waals surface area contributed by atoms with Gasteiger partial charge in [0.05, 0.1) is 18.6 Å². The maximum Gasteiger partial charge on any atom is 0.340 e. The van der Waals surface area contributed by atoms with E-state index in [1.165, 1.54) is 54.6 Å². The average Bonchev–Trinajstić information content (AvgIpc) is 1.61. The number of hydrogen-bond acceptors (Lipinski definition) is 18. The number of carboxylic acid groups (broad SMARTS) is 1. The van der Waals surface area contributed by atoms with Gasteiger partial charge >= 0.3 is 11.9 Å². The van der Waals surface area contributed by atoms with Gasteiger partial charge in [0, 0.05) is 47.2 Å². The molecule has 2 aliphatic rings. The number of aliphatic hydroxyl groups excluding tert-OH is 1. The lowest BCUT2D eigenvalue weighted by atomic mass is 9.77. The molecule has 0 bridgehead atoms. The summed E-state index contributed by atoms with van der Waals surface area (Å²) in [4.78, 5) is 164.